The predicted octanol–water partition coefficient (Wildman–Crippen LogP) is 4.39. The maximum atomic E-state index is 12.0. The van der Waals surface area contributed by atoms with Crippen LogP contribution in [0, 0.1) is 12.8 Å². The quantitative estimate of drug-likeness (QED) is 0.563. The molecule has 0 unspecified atom stereocenters. The highest BCUT2D eigenvalue weighted by Crippen LogP contribution is 2.26. The van der Waals surface area contributed by atoms with Gasteiger partial charge in [-0.3, -0.25) is 4.79 Å². The number of nitrogens with one attached hydrogen (secondary N) is 3. The second-order valence-electron chi connectivity index (χ2n) is 7.74. The molecule has 1 fully saturated rings. The van der Waals surface area contributed by atoms with Gasteiger partial charge in [-0.15, -0.1) is 0 Å². The van der Waals surface area contributed by atoms with Crippen molar-refractivity contribution in [3.8, 4) is 11.6 Å². The molecular weight excluding hydrogens is 380 g/mol. The van der Waals surface area contributed by atoms with Crippen LogP contribution in [0.5, 0.6) is 11.6 Å². The SMILES string of the molecule is Cc1ccc(Oc2ccc(NC(=O)NCCNC(=O)CC3CCCCC3)cc2)nc1. The first-order valence-electron chi connectivity index (χ1n) is 10.6. The first-order chi connectivity index (χ1) is 14.6. The van der Waals surface area contributed by atoms with E-state index in [0.717, 1.165) is 18.4 Å². The molecule has 3 N–H and O–H groups in total. The van der Waals surface area contributed by atoms with Crippen LogP contribution in [0.3, 0.4) is 0 Å². The molecule has 0 atom stereocenters. The van der Waals surface area contributed by atoms with E-state index < -0.39 is 0 Å². The van der Waals surface area contributed by atoms with E-state index in [1.807, 2.05) is 19.1 Å². The van der Waals surface area contributed by atoms with E-state index in [0.29, 0.717) is 42.7 Å². The van der Waals surface area contributed by atoms with E-state index in [2.05, 4.69) is 20.9 Å². The van der Waals surface area contributed by atoms with Gasteiger partial charge in [0.2, 0.25) is 11.8 Å². The van der Waals surface area contributed by atoms with Crippen molar-refractivity contribution >= 4 is 17.6 Å². The number of rotatable bonds is 8. The fourth-order valence-electron chi connectivity index (χ4n) is 3.52. The van der Waals surface area contributed by atoms with Crippen molar-refractivity contribution in [2.24, 2.45) is 5.92 Å². The Morgan fingerprint density at radius 3 is 2.43 bits per heavy atom. The highest BCUT2D eigenvalue weighted by molar-refractivity contribution is 5.89. The Bertz CT molecular complexity index is 815. The minimum atomic E-state index is -0.314. The highest BCUT2D eigenvalue weighted by atomic mass is 16.5. The normalized spacial score (nSPS) is 14.0. The fourth-order valence-corrected chi connectivity index (χ4v) is 3.52. The van der Waals surface area contributed by atoms with Crippen LogP contribution in [0.15, 0.2) is 42.6 Å². The zero-order valence-electron chi connectivity index (χ0n) is 17.4. The number of anilines is 1. The number of hydrogen-bond acceptors (Lipinski definition) is 4. The van der Waals surface area contributed by atoms with Crippen LogP contribution in [-0.4, -0.2) is 30.0 Å². The zero-order valence-corrected chi connectivity index (χ0v) is 17.4. The molecule has 1 aliphatic rings. The first kappa shape index (κ1) is 21.6. The standard InChI is InChI=1S/C23H30N4O3/c1-17-7-12-22(26-16-17)30-20-10-8-19(9-11-20)27-23(29)25-14-13-24-21(28)15-18-5-3-2-4-6-18/h7-12,16,18H,2-6,13-15H2,1H3,(H,24,28)(H2,25,27,29). The van der Waals surface area contributed by atoms with Gasteiger partial charge in [0.05, 0.1) is 0 Å². The number of hydrogen-bond donors (Lipinski definition) is 3. The van der Waals surface area contributed by atoms with Gasteiger partial charge in [-0.2, -0.15) is 0 Å². The van der Waals surface area contributed by atoms with Crippen molar-refractivity contribution in [2.75, 3.05) is 18.4 Å². The van der Waals surface area contributed by atoms with E-state index in [4.69, 9.17) is 4.74 Å². The lowest BCUT2D eigenvalue weighted by molar-refractivity contribution is -0.122. The van der Waals surface area contributed by atoms with Crippen LogP contribution in [0.25, 0.3) is 0 Å². The molecule has 1 heterocycles. The average Bonchev–Trinajstić information content (AvgIpc) is 2.75. The number of aryl methyl sites for hydroxylation is 1. The minimum Gasteiger partial charge on any atom is -0.439 e. The van der Waals surface area contributed by atoms with E-state index in [1.54, 1.807) is 30.5 Å². The molecule has 1 aromatic carbocycles. The zero-order chi connectivity index (χ0) is 21.2. The van der Waals surface area contributed by atoms with E-state index >= 15 is 0 Å². The molecule has 0 aliphatic heterocycles. The second-order valence-corrected chi connectivity index (χ2v) is 7.74. The van der Waals surface area contributed by atoms with Crippen LogP contribution < -0.4 is 20.7 Å². The van der Waals surface area contributed by atoms with Crippen molar-refractivity contribution in [1.82, 2.24) is 15.6 Å². The van der Waals surface area contributed by atoms with Crippen molar-refractivity contribution < 1.29 is 14.3 Å². The topological polar surface area (TPSA) is 92.4 Å². The summed E-state index contributed by atoms with van der Waals surface area (Å²) in [7, 11) is 0. The number of nitrogens with zero attached hydrogens (tertiary/aromatic N) is 1. The van der Waals surface area contributed by atoms with Crippen LogP contribution in [0.2, 0.25) is 0 Å². The largest absolute Gasteiger partial charge is 0.439 e. The molecule has 2 aromatic rings. The van der Waals surface area contributed by atoms with E-state index in [1.165, 1.54) is 19.3 Å². The number of pyridine rings is 1. The Kier molecular flexibility index (Phi) is 8.06. The van der Waals surface area contributed by atoms with Crippen molar-refractivity contribution in [3.63, 3.8) is 0 Å². The number of benzene rings is 1. The van der Waals surface area contributed by atoms with Crippen molar-refractivity contribution in [2.45, 2.75) is 45.4 Å². The smallest absolute Gasteiger partial charge is 0.319 e. The predicted molar refractivity (Wildman–Crippen MR) is 117 cm³/mol. The number of carbonyl (C=O) groups is 2. The van der Waals surface area contributed by atoms with Gasteiger partial charge in [0.1, 0.15) is 5.75 Å². The summed E-state index contributed by atoms with van der Waals surface area (Å²) in [5.41, 5.74) is 1.72. The Balaban J connectivity index is 1.32. The maximum Gasteiger partial charge on any atom is 0.319 e. The first-order valence-corrected chi connectivity index (χ1v) is 10.6. The number of ether oxygens (including phenoxy) is 1. The summed E-state index contributed by atoms with van der Waals surface area (Å²) in [5.74, 6) is 1.74. The monoisotopic (exact) mass is 410 g/mol. The van der Waals surface area contributed by atoms with Crippen molar-refractivity contribution in [3.05, 3.63) is 48.2 Å². The highest BCUT2D eigenvalue weighted by Gasteiger charge is 2.16. The third-order valence-electron chi connectivity index (χ3n) is 5.15. The molecule has 3 rings (SSSR count). The fraction of sp³-hybridized carbons (Fsp3) is 0.435. The molecule has 1 saturated carbocycles. The molecule has 30 heavy (non-hydrogen) atoms. The molecule has 3 amide bonds. The number of aromatic nitrogens is 1. The van der Waals surface area contributed by atoms with Crippen molar-refractivity contribution in [1.29, 1.82) is 0 Å². The molecule has 1 aromatic heterocycles. The number of amides is 3. The van der Waals surface area contributed by atoms with Crippen LogP contribution in [0.4, 0.5) is 10.5 Å². The van der Waals surface area contributed by atoms with Gasteiger partial charge in [-0.25, -0.2) is 9.78 Å². The summed E-state index contributed by atoms with van der Waals surface area (Å²) in [5, 5.41) is 8.38. The molecule has 1 aliphatic carbocycles. The lowest BCUT2D eigenvalue weighted by Crippen LogP contribution is -2.37. The Morgan fingerprint density at radius 2 is 1.73 bits per heavy atom. The third-order valence-corrected chi connectivity index (χ3v) is 5.15. The van der Waals surface area contributed by atoms with Crippen LogP contribution in [-0.2, 0) is 4.79 Å². The summed E-state index contributed by atoms with van der Waals surface area (Å²) in [6, 6.07) is 10.5. The van der Waals surface area contributed by atoms with Crippen LogP contribution in [0.1, 0.15) is 44.1 Å². The summed E-state index contributed by atoms with van der Waals surface area (Å²) in [6.07, 6.45) is 8.40. The average molecular weight is 411 g/mol. The van der Waals surface area contributed by atoms with Gasteiger partial charge in [0.25, 0.3) is 0 Å². The van der Waals surface area contributed by atoms with E-state index in [-0.39, 0.29) is 11.9 Å². The van der Waals surface area contributed by atoms with Crippen LogP contribution >= 0.6 is 0 Å². The maximum absolute atomic E-state index is 12.0. The lowest BCUT2D eigenvalue weighted by Gasteiger charge is -2.20. The summed E-state index contributed by atoms with van der Waals surface area (Å²) < 4.78 is 5.67. The van der Waals surface area contributed by atoms with Gasteiger partial charge in [-0.05, 0) is 55.5 Å². The van der Waals surface area contributed by atoms with Gasteiger partial charge in [0.15, 0.2) is 0 Å². The molecule has 0 radical (unpaired) electrons. The number of carbonyl (C=O) groups excluding carboxylic acids is 2. The summed E-state index contributed by atoms with van der Waals surface area (Å²) in [4.78, 5) is 28.2. The van der Waals surface area contributed by atoms with Gasteiger partial charge in [-0.1, -0.05) is 25.3 Å². The van der Waals surface area contributed by atoms with Gasteiger partial charge < -0.3 is 20.7 Å². The number of urea groups is 1. The molecule has 7 heteroatoms. The van der Waals surface area contributed by atoms with Gasteiger partial charge in [0, 0.05) is 37.5 Å². The third kappa shape index (κ3) is 7.39. The Hall–Kier alpha value is -3.09. The summed E-state index contributed by atoms with van der Waals surface area (Å²) in [6.45, 7) is 2.77. The van der Waals surface area contributed by atoms with Gasteiger partial charge >= 0.3 is 6.03 Å². The second kappa shape index (κ2) is 11.2. The Morgan fingerprint density at radius 1 is 1.00 bits per heavy atom. The van der Waals surface area contributed by atoms with E-state index in [9.17, 15) is 9.59 Å². The molecule has 7 nitrogen and oxygen atoms in total. The minimum absolute atomic E-state index is 0.0720. The summed E-state index contributed by atoms with van der Waals surface area (Å²) >= 11 is 0. The molecule has 0 bridgehead atoms. The molecule has 160 valence electrons. The molecule has 0 saturated heterocycles. The molecule has 0 spiro atoms. The lowest BCUT2D eigenvalue weighted by atomic mass is 9.87. The Labute approximate surface area is 177 Å². The molecular formula is C23H30N4O3.